The van der Waals surface area contributed by atoms with Crippen LogP contribution >= 0.6 is 0 Å². The van der Waals surface area contributed by atoms with Crippen LogP contribution in [0.15, 0.2) is 39.5 Å². The first-order valence-electron chi connectivity index (χ1n) is 16.3. The molecule has 13 unspecified atom stereocenters. The molecular weight excluding hydrogens is 716 g/mol. The Morgan fingerprint density at radius 3 is 2.17 bits per heavy atom. The van der Waals surface area contributed by atoms with Crippen molar-refractivity contribution < 1.29 is 93.7 Å². The Balaban J connectivity index is 1.35. The summed E-state index contributed by atoms with van der Waals surface area (Å²) in [5.74, 6) is -2.36. The molecule has 20 nitrogen and oxygen atoms in total. The minimum Gasteiger partial charge on any atom is -0.507 e. The molecule has 0 aliphatic carbocycles. The number of benzene rings is 2. The topological polar surface area (TPSA) is 317 Å². The van der Waals surface area contributed by atoms with E-state index in [9.17, 15) is 61.0 Å². The molecule has 1 aromatic heterocycles. The number of hydrogen-bond acceptors (Lipinski definition) is 20. The number of phenols is 2. The maximum atomic E-state index is 14.1. The van der Waals surface area contributed by atoms with E-state index >= 15 is 0 Å². The monoisotopic (exact) mass is 756 g/mol. The van der Waals surface area contributed by atoms with E-state index in [2.05, 4.69) is 0 Å². The Morgan fingerprint density at radius 2 is 1.51 bits per heavy atom. The third kappa shape index (κ3) is 7.22. The van der Waals surface area contributed by atoms with Crippen LogP contribution in [0.4, 0.5) is 0 Å². The van der Waals surface area contributed by atoms with Crippen molar-refractivity contribution in [1.29, 1.82) is 0 Å². The first-order valence-corrected chi connectivity index (χ1v) is 16.3. The second-order valence-electron chi connectivity index (χ2n) is 12.9. The molecule has 3 aromatic rings. The van der Waals surface area contributed by atoms with Gasteiger partial charge in [0, 0.05) is 17.7 Å². The summed E-state index contributed by atoms with van der Waals surface area (Å²) in [4.78, 5) is 14.1. The molecule has 20 heteroatoms. The van der Waals surface area contributed by atoms with Crippen molar-refractivity contribution in [3.8, 4) is 40.1 Å². The van der Waals surface area contributed by atoms with E-state index < -0.39 is 122 Å². The number of phenolic OH excluding ortho intramolecular Hbond substituents is 2. The van der Waals surface area contributed by atoms with Gasteiger partial charge in [-0.2, -0.15) is 0 Å². The van der Waals surface area contributed by atoms with Crippen LogP contribution < -0.4 is 19.6 Å². The van der Waals surface area contributed by atoms with E-state index in [1.165, 1.54) is 32.2 Å². The van der Waals surface area contributed by atoms with E-state index in [0.29, 0.717) is 0 Å². The molecule has 11 N–H and O–H groups in total. The lowest BCUT2D eigenvalue weighted by atomic mass is 9.99. The van der Waals surface area contributed by atoms with E-state index in [1.54, 1.807) is 0 Å². The fourth-order valence-electron chi connectivity index (χ4n) is 6.08. The number of hydrogen-bond donors (Lipinski definition) is 11. The Bertz CT molecular complexity index is 1830. The Labute approximate surface area is 298 Å². The van der Waals surface area contributed by atoms with Gasteiger partial charge in [-0.3, -0.25) is 4.79 Å². The molecule has 0 amide bonds. The molecule has 0 saturated carbocycles. The Hall–Kier alpha value is -3.87. The van der Waals surface area contributed by atoms with Crippen molar-refractivity contribution in [3.05, 3.63) is 40.6 Å². The summed E-state index contributed by atoms with van der Waals surface area (Å²) in [5, 5.41) is 114. The molecule has 2 aromatic carbocycles. The highest BCUT2D eigenvalue weighted by Gasteiger charge is 2.50. The maximum Gasteiger partial charge on any atom is 0.239 e. The Kier molecular flexibility index (Phi) is 11.1. The second-order valence-corrected chi connectivity index (χ2v) is 12.9. The molecule has 4 heterocycles. The van der Waals surface area contributed by atoms with Crippen molar-refractivity contribution in [1.82, 2.24) is 0 Å². The van der Waals surface area contributed by atoms with Crippen molar-refractivity contribution in [2.75, 3.05) is 26.9 Å². The standard InChI is InChI=1S/C33H40O20/c1-11-20(37)23(40)25(42)30(49-11)50-13-6-15(36)19-17(7-13)51-27(12-3-4-14(35)16(5-12)46-2)28(22(19)39)53-31-26(43)24(41)21(38)18(52-31)8-47-32-29(44)33(45,9-34)10-48-32/h3-7,11,18,20-21,23-26,29-32,34-38,40-45H,8-10H2,1-2H3. The van der Waals surface area contributed by atoms with Gasteiger partial charge in [-0.1, -0.05) is 0 Å². The number of aliphatic hydroxyl groups is 9. The van der Waals surface area contributed by atoms with Gasteiger partial charge in [0.05, 0.1) is 33.0 Å². The molecule has 0 bridgehead atoms. The van der Waals surface area contributed by atoms with Gasteiger partial charge in [-0.15, -0.1) is 0 Å². The normalized spacial score (nSPS) is 36.1. The summed E-state index contributed by atoms with van der Waals surface area (Å²) in [6.45, 7) is -0.527. The van der Waals surface area contributed by atoms with E-state index in [-0.39, 0.29) is 34.2 Å². The molecule has 13 atom stereocenters. The van der Waals surface area contributed by atoms with E-state index in [4.69, 9.17) is 37.6 Å². The molecule has 3 saturated heterocycles. The molecule has 0 spiro atoms. The third-order valence-electron chi connectivity index (χ3n) is 9.32. The Morgan fingerprint density at radius 1 is 0.830 bits per heavy atom. The molecular formula is C33H40O20. The van der Waals surface area contributed by atoms with Crippen LogP contribution in [-0.4, -0.2) is 163 Å². The highest BCUT2D eigenvalue weighted by atomic mass is 16.7. The zero-order valence-corrected chi connectivity index (χ0v) is 28.0. The lowest BCUT2D eigenvalue weighted by Crippen LogP contribution is -2.60. The number of ether oxygens (including phenoxy) is 7. The summed E-state index contributed by atoms with van der Waals surface area (Å²) in [5.41, 5.74) is -3.34. The van der Waals surface area contributed by atoms with Gasteiger partial charge in [0.1, 0.15) is 76.9 Å². The average Bonchev–Trinajstić information content (AvgIpc) is 3.42. The van der Waals surface area contributed by atoms with E-state index in [0.717, 1.165) is 12.1 Å². The van der Waals surface area contributed by atoms with Crippen molar-refractivity contribution in [3.63, 3.8) is 0 Å². The zero-order chi connectivity index (χ0) is 38.5. The van der Waals surface area contributed by atoms with Crippen LogP contribution in [0.3, 0.4) is 0 Å². The second kappa shape index (κ2) is 15.1. The average molecular weight is 757 g/mol. The predicted molar refractivity (Wildman–Crippen MR) is 172 cm³/mol. The quantitative estimate of drug-likeness (QED) is 0.0967. The summed E-state index contributed by atoms with van der Waals surface area (Å²) in [6.07, 6.45) is -19.6. The number of aliphatic hydroxyl groups excluding tert-OH is 8. The van der Waals surface area contributed by atoms with Gasteiger partial charge in [0.25, 0.3) is 0 Å². The van der Waals surface area contributed by atoms with Crippen molar-refractivity contribution in [2.24, 2.45) is 0 Å². The van der Waals surface area contributed by atoms with Gasteiger partial charge in [0.15, 0.2) is 23.5 Å². The molecule has 3 fully saturated rings. The van der Waals surface area contributed by atoms with Crippen LogP contribution in [0.1, 0.15) is 6.92 Å². The van der Waals surface area contributed by atoms with Gasteiger partial charge < -0.3 is 93.7 Å². The summed E-state index contributed by atoms with van der Waals surface area (Å²) < 4.78 is 44.5. The lowest BCUT2D eigenvalue weighted by Gasteiger charge is -2.40. The maximum absolute atomic E-state index is 14.1. The van der Waals surface area contributed by atoms with Crippen molar-refractivity contribution >= 4 is 11.0 Å². The molecule has 53 heavy (non-hydrogen) atoms. The van der Waals surface area contributed by atoms with Crippen LogP contribution in [0, 0.1) is 0 Å². The van der Waals surface area contributed by atoms with Crippen LogP contribution in [0.25, 0.3) is 22.3 Å². The number of aromatic hydroxyl groups is 2. The first kappa shape index (κ1) is 38.8. The van der Waals surface area contributed by atoms with Gasteiger partial charge >= 0.3 is 0 Å². The van der Waals surface area contributed by atoms with Gasteiger partial charge in [-0.25, -0.2) is 0 Å². The minimum atomic E-state index is -2.02. The number of methoxy groups -OCH3 is 1. The van der Waals surface area contributed by atoms with Gasteiger partial charge in [0.2, 0.25) is 23.8 Å². The SMILES string of the molecule is COc1cc(-c2oc3cc(OC4OC(C)C(O)C(O)C4O)cc(O)c3c(=O)c2OC2OC(COC3OCC(O)(CO)C3O)C(O)C(O)C2O)ccc1O. The number of fused-ring (bicyclic) bond motifs is 1. The van der Waals surface area contributed by atoms with Crippen LogP contribution in [-0.2, 0) is 18.9 Å². The largest absolute Gasteiger partial charge is 0.507 e. The molecule has 0 radical (unpaired) electrons. The fourth-order valence-corrected chi connectivity index (χ4v) is 6.08. The predicted octanol–water partition coefficient (Wildman–Crippen LogP) is -3.27. The van der Waals surface area contributed by atoms with Crippen LogP contribution in [0.5, 0.6) is 28.7 Å². The molecule has 292 valence electrons. The number of rotatable bonds is 10. The first-order chi connectivity index (χ1) is 25.1. The smallest absolute Gasteiger partial charge is 0.239 e. The summed E-state index contributed by atoms with van der Waals surface area (Å²) >= 11 is 0. The van der Waals surface area contributed by atoms with E-state index in [1.807, 2.05) is 0 Å². The fraction of sp³-hybridized carbons (Fsp3) is 0.545. The zero-order valence-electron chi connectivity index (χ0n) is 28.0. The highest BCUT2D eigenvalue weighted by Crippen LogP contribution is 2.40. The third-order valence-corrected chi connectivity index (χ3v) is 9.32. The highest BCUT2D eigenvalue weighted by molar-refractivity contribution is 5.88. The van der Waals surface area contributed by atoms with Crippen molar-refractivity contribution in [2.45, 2.75) is 86.3 Å². The summed E-state index contributed by atoms with van der Waals surface area (Å²) in [6, 6.07) is 5.90. The van der Waals surface area contributed by atoms with Crippen LogP contribution in [0.2, 0.25) is 0 Å². The summed E-state index contributed by atoms with van der Waals surface area (Å²) in [7, 11) is 1.26. The lowest BCUT2D eigenvalue weighted by molar-refractivity contribution is -0.289. The molecule has 3 aliphatic heterocycles. The van der Waals surface area contributed by atoms with Gasteiger partial charge in [-0.05, 0) is 25.1 Å². The minimum absolute atomic E-state index is 0.0472. The molecule has 3 aliphatic rings. The molecule has 6 rings (SSSR count).